The van der Waals surface area contributed by atoms with Gasteiger partial charge in [0.1, 0.15) is 0 Å². The van der Waals surface area contributed by atoms with E-state index >= 15 is 0 Å². The van der Waals surface area contributed by atoms with Crippen molar-refractivity contribution in [2.24, 2.45) is 0 Å². The molecule has 1 saturated heterocycles. The van der Waals surface area contributed by atoms with Crippen molar-refractivity contribution in [1.82, 2.24) is 5.32 Å². The lowest BCUT2D eigenvalue weighted by molar-refractivity contribution is -0.115. The maximum absolute atomic E-state index is 12.4. The minimum atomic E-state index is -0.0361. The molecule has 33 heavy (non-hydrogen) atoms. The van der Waals surface area contributed by atoms with Crippen molar-refractivity contribution in [1.29, 1.82) is 0 Å². The van der Waals surface area contributed by atoms with Crippen LogP contribution in [-0.2, 0) is 24.1 Å². The van der Waals surface area contributed by atoms with Gasteiger partial charge in [-0.3, -0.25) is 4.79 Å². The van der Waals surface area contributed by atoms with E-state index in [2.05, 4.69) is 51.9 Å². The quantitative estimate of drug-likeness (QED) is 0.529. The predicted molar refractivity (Wildman–Crippen MR) is 136 cm³/mol. The van der Waals surface area contributed by atoms with Crippen molar-refractivity contribution < 1.29 is 4.79 Å². The van der Waals surface area contributed by atoms with Gasteiger partial charge in [-0.25, -0.2) is 0 Å². The Kier molecular flexibility index (Phi) is 6.65. The van der Waals surface area contributed by atoms with Crippen LogP contribution in [0.25, 0.3) is 0 Å². The largest absolute Gasteiger partial charge is 0.371 e. The van der Waals surface area contributed by atoms with E-state index in [0.717, 1.165) is 50.0 Å². The van der Waals surface area contributed by atoms with Crippen molar-refractivity contribution in [3.05, 3.63) is 94.5 Å². The van der Waals surface area contributed by atoms with Gasteiger partial charge in [0.2, 0.25) is 5.91 Å². The number of rotatable bonds is 6. The highest BCUT2D eigenvalue weighted by Gasteiger charge is 2.26. The van der Waals surface area contributed by atoms with Crippen LogP contribution in [0.1, 0.15) is 29.5 Å². The molecule has 4 nitrogen and oxygen atoms in total. The number of piperidine rings is 1. The van der Waals surface area contributed by atoms with Gasteiger partial charge in [0.15, 0.2) is 0 Å². The molecule has 5 heteroatoms. The molecule has 0 saturated carbocycles. The first-order chi connectivity index (χ1) is 16.1. The molecule has 3 aromatic rings. The van der Waals surface area contributed by atoms with Crippen LogP contribution in [0, 0.1) is 0 Å². The highest BCUT2D eigenvalue weighted by atomic mass is 35.5. The minimum Gasteiger partial charge on any atom is -0.371 e. The summed E-state index contributed by atoms with van der Waals surface area (Å²) in [4.78, 5) is 14.8. The van der Waals surface area contributed by atoms with Gasteiger partial charge < -0.3 is 15.5 Å². The van der Waals surface area contributed by atoms with Crippen molar-refractivity contribution >= 4 is 28.9 Å². The molecule has 0 radical (unpaired) electrons. The molecule has 1 amide bonds. The van der Waals surface area contributed by atoms with Gasteiger partial charge in [0.25, 0.3) is 0 Å². The van der Waals surface area contributed by atoms with Crippen LogP contribution in [0.5, 0.6) is 0 Å². The number of carbonyl (C=O) groups is 1. The Labute approximate surface area is 201 Å². The summed E-state index contributed by atoms with van der Waals surface area (Å²) < 4.78 is 0. The summed E-state index contributed by atoms with van der Waals surface area (Å²) in [6.07, 6.45) is 4.94. The fraction of sp³-hybridized carbons (Fsp3) is 0.321. The predicted octanol–water partition coefficient (Wildman–Crippen LogP) is 5.25. The summed E-state index contributed by atoms with van der Waals surface area (Å²) in [5, 5.41) is 7.54. The highest BCUT2D eigenvalue weighted by molar-refractivity contribution is 6.30. The summed E-state index contributed by atoms with van der Waals surface area (Å²) in [6.45, 7) is 2.11. The normalized spacial score (nSPS) is 16.6. The van der Waals surface area contributed by atoms with E-state index in [1.54, 1.807) is 0 Å². The SMILES string of the molecule is O=C(Cc1cccc(Cl)c1)Nc1ccc(N2CCC(NC3Cc4ccccc4C3)CC2)cc1. The Hall–Kier alpha value is -2.82. The smallest absolute Gasteiger partial charge is 0.228 e. The lowest BCUT2D eigenvalue weighted by atomic mass is 10.0. The Morgan fingerprint density at radius 1 is 0.879 bits per heavy atom. The average Bonchev–Trinajstić information content (AvgIpc) is 3.22. The first kappa shape index (κ1) is 22.0. The van der Waals surface area contributed by atoms with Crippen LogP contribution < -0.4 is 15.5 Å². The van der Waals surface area contributed by atoms with E-state index in [9.17, 15) is 4.79 Å². The standard InChI is InChI=1S/C28H30ClN3O/c29-23-7-3-4-20(16-23)17-28(33)31-24-8-10-27(11-9-24)32-14-12-25(13-15-32)30-26-18-21-5-1-2-6-22(21)19-26/h1-11,16,25-26,30H,12-15,17-19H2,(H,31,33). The number of amides is 1. The van der Waals surface area contributed by atoms with Gasteiger partial charge in [-0.2, -0.15) is 0 Å². The molecule has 1 aliphatic carbocycles. The van der Waals surface area contributed by atoms with Crippen LogP contribution in [0.4, 0.5) is 11.4 Å². The first-order valence-electron chi connectivity index (χ1n) is 11.8. The molecule has 2 N–H and O–H groups in total. The molecular weight excluding hydrogens is 430 g/mol. The number of carbonyl (C=O) groups excluding carboxylic acids is 1. The molecule has 3 aromatic carbocycles. The number of nitrogens with zero attached hydrogens (tertiary/aromatic N) is 1. The Bertz CT molecular complexity index is 1080. The number of hydrogen-bond donors (Lipinski definition) is 2. The third kappa shape index (κ3) is 5.58. The summed E-state index contributed by atoms with van der Waals surface area (Å²) in [5.41, 5.74) is 5.96. The van der Waals surface area contributed by atoms with Gasteiger partial charge in [0, 0.05) is 41.6 Å². The Balaban J connectivity index is 1.09. The topological polar surface area (TPSA) is 44.4 Å². The number of fused-ring (bicyclic) bond motifs is 1. The molecule has 170 valence electrons. The summed E-state index contributed by atoms with van der Waals surface area (Å²) in [7, 11) is 0. The average molecular weight is 460 g/mol. The van der Waals surface area contributed by atoms with Crippen molar-refractivity contribution in [2.75, 3.05) is 23.3 Å². The van der Waals surface area contributed by atoms with E-state index < -0.39 is 0 Å². The number of hydrogen-bond acceptors (Lipinski definition) is 3. The Morgan fingerprint density at radius 2 is 1.58 bits per heavy atom. The second kappa shape index (κ2) is 9.98. The van der Waals surface area contributed by atoms with Crippen LogP contribution in [0.15, 0.2) is 72.8 Å². The fourth-order valence-electron chi connectivity index (χ4n) is 5.11. The summed E-state index contributed by atoms with van der Waals surface area (Å²) in [5.74, 6) is -0.0361. The van der Waals surface area contributed by atoms with Crippen LogP contribution in [0.2, 0.25) is 5.02 Å². The third-order valence-electron chi connectivity index (χ3n) is 6.79. The zero-order valence-electron chi connectivity index (χ0n) is 18.8. The summed E-state index contributed by atoms with van der Waals surface area (Å²) in [6, 6.07) is 25.6. The van der Waals surface area contributed by atoms with E-state index in [4.69, 9.17) is 11.6 Å². The fourth-order valence-corrected chi connectivity index (χ4v) is 5.32. The van der Waals surface area contributed by atoms with Crippen molar-refractivity contribution in [2.45, 2.75) is 44.2 Å². The van der Waals surface area contributed by atoms with E-state index in [0.29, 0.717) is 23.5 Å². The summed E-state index contributed by atoms with van der Waals surface area (Å²) >= 11 is 6.01. The second-order valence-corrected chi connectivity index (χ2v) is 9.64. The molecule has 0 spiro atoms. The number of halogens is 1. The second-order valence-electron chi connectivity index (χ2n) is 9.20. The molecule has 0 atom stereocenters. The third-order valence-corrected chi connectivity index (χ3v) is 7.02. The molecular formula is C28H30ClN3O. The molecule has 1 aliphatic heterocycles. The molecule has 0 aromatic heterocycles. The lowest BCUT2D eigenvalue weighted by Gasteiger charge is -2.35. The van der Waals surface area contributed by atoms with E-state index in [1.807, 2.05) is 36.4 Å². The molecule has 1 fully saturated rings. The van der Waals surface area contributed by atoms with Crippen LogP contribution in [-0.4, -0.2) is 31.1 Å². The highest BCUT2D eigenvalue weighted by Crippen LogP contribution is 2.25. The van der Waals surface area contributed by atoms with Crippen LogP contribution >= 0.6 is 11.6 Å². The van der Waals surface area contributed by atoms with Gasteiger partial charge in [-0.05, 0) is 78.8 Å². The van der Waals surface area contributed by atoms with E-state index in [-0.39, 0.29) is 5.91 Å². The number of anilines is 2. The number of nitrogens with one attached hydrogen (secondary N) is 2. The van der Waals surface area contributed by atoms with Gasteiger partial charge >= 0.3 is 0 Å². The Morgan fingerprint density at radius 3 is 2.24 bits per heavy atom. The van der Waals surface area contributed by atoms with Crippen molar-refractivity contribution in [3.8, 4) is 0 Å². The maximum Gasteiger partial charge on any atom is 0.228 e. The molecule has 1 heterocycles. The van der Waals surface area contributed by atoms with Gasteiger partial charge in [-0.1, -0.05) is 48.0 Å². The lowest BCUT2D eigenvalue weighted by Crippen LogP contribution is -2.46. The van der Waals surface area contributed by atoms with Gasteiger partial charge in [0.05, 0.1) is 6.42 Å². The molecule has 0 bridgehead atoms. The monoisotopic (exact) mass is 459 g/mol. The molecule has 2 aliphatic rings. The maximum atomic E-state index is 12.4. The zero-order valence-corrected chi connectivity index (χ0v) is 19.5. The van der Waals surface area contributed by atoms with Crippen LogP contribution in [0.3, 0.4) is 0 Å². The first-order valence-corrected chi connectivity index (χ1v) is 12.2. The van der Waals surface area contributed by atoms with E-state index in [1.165, 1.54) is 16.8 Å². The molecule has 5 rings (SSSR count). The molecule has 0 unspecified atom stereocenters. The van der Waals surface area contributed by atoms with Gasteiger partial charge in [-0.15, -0.1) is 0 Å². The van der Waals surface area contributed by atoms with Crippen molar-refractivity contribution in [3.63, 3.8) is 0 Å². The number of benzene rings is 3. The minimum absolute atomic E-state index is 0.0361. The zero-order chi connectivity index (χ0) is 22.6.